The van der Waals surface area contributed by atoms with E-state index in [2.05, 4.69) is 22.9 Å². The molecule has 3 N–H and O–H groups in total. The molecule has 0 heterocycles. The van der Waals surface area contributed by atoms with Crippen LogP contribution in [0, 0.1) is 0 Å². The van der Waals surface area contributed by atoms with Crippen LogP contribution in [0.25, 0.3) is 6.08 Å². The van der Waals surface area contributed by atoms with E-state index >= 15 is 0 Å². The van der Waals surface area contributed by atoms with Gasteiger partial charge in [0.15, 0.2) is 0 Å². The first-order valence-electron chi connectivity index (χ1n) is 16.4. The van der Waals surface area contributed by atoms with Gasteiger partial charge in [-0.3, -0.25) is 14.4 Å². The van der Waals surface area contributed by atoms with Gasteiger partial charge in [-0.15, -0.1) is 11.8 Å². The minimum Gasteiger partial charge on any atom is -0.494 e. The molecular weight excluding hydrogens is 647 g/mol. The molecule has 5 aromatic carbocycles. The summed E-state index contributed by atoms with van der Waals surface area (Å²) >= 11 is 1.34. The number of unbranched alkanes of at least 4 members (excludes halogenated alkanes) is 1. The van der Waals surface area contributed by atoms with Crippen LogP contribution in [0.4, 0.5) is 11.4 Å². The molecule has 0 unspecified atom stereocenters. The third kappa shape index (κ3) is 11.4. The number of thioether (sulfide) groups is 1. The molecule has 0 saturated carbocycles. The summed E-state index contributed by atoms with van der Waals surface area (Å²) in [5.41, 5.74) is 3.44. The van der Waals surface area contributed by atoms with Crippen molar-refractivity contribution in [3.8, 4) is 11.5 Å². The predicted molar refractivity (Wildman–Crippen MR) is 200 cm³/mol. The SMILES string of the molecule is CCCCOc1ccc(NC(=O)CSc2cccc(NC(=O)/C(=C/c3ccc(OCc4ccccc4)cc3)NC(=O)c3ccccc3)c2)cc1. The topological polar surface area (TPSA) is 106 Å². The summed E-state index contributed by atoms with van der Waals surface area (Å²) < 4.78 is 11.6. The normalized spacial score (nSPS) is 10.9. The third-order valence-corrected chi connectivity index (χ3v) is 8.33. The van der Waals surface area contributed by atoms with Gasteiger partial charge in [0.05, 0.1) is 12.4 Å². The minimum atomic E-state index is -0.499. The number of carbonyl (C=O) groups is 3. The monoisotopic (exact) mass is 685 g/mol. The Morgan fingerprint density at radius 1 is 0.700 bits per heavy atom. The number of amides is 3. The van der Waals surface area contributed by atoms with Crippen LogP contribution >= 0.6 is 11.8 Å². The molecule has 0 saturated heterocycles. The zero-order chi connectivity index (χ0) is 35.0. The maximum Gasteiger partial charge on any atom is 0.272 e. The Morgan fingerprint density at radius 2 is 1.38 bits per heavy atom. The predicted octanol–water partition coefficient (Wildman–Crippen LogP) is 8.58. The third-order valence-electron chi connectivity index (χ3n) is 7.33. The summed E-state index contributed by atoms with van der Waals surface area (Å²) in [7, 11) is 0. The van der Waals surface area contributed by atoms with Gasteiger partial charge in [-0.1, -0.05) is 80.1 Å². The molecule has 5 aromatic rings. The maximum absolute atomic E-state index is 13.6. The van der Waals surface area contributed by atoms with E-state index in [0.717, 1.165) is 29.1 Å². The van der Waals surface area contributed by atoms with Crippen LogP contribution in [0.15, 0.2) is 144 Å². The van der Waals surface area contributed by atoms with E-state index in [4.69, 9.17) is 9.47 Å². The highest BCUT2D eigenvalue weighted by Crippen LogP contribution is 2.23. The van der Waals surface area contributed by atoms with Crippen molar-refractivity contribution in [1.29, 1.82) is 0 Å². The van der Waals surface area contributed by atoms with Crippen LogP contribution in [-0.2, 0) is 16.2 Å². The Kier molecular flexibility index (Phi) is 13.3. The summed E-state index contributed by atoms with van der Waals surface area (Å²) in [4.78, 5) is 40.1. The molecule has 5 rings (SSSR count). The van der Waals surface area contributed by atoms with Crippen molar-refractivity contribution in [3.05, 3.63) is 156 Å². The molecule has 0 radical (unpaired) electrons. The number of benzene rings is 5. The van der Waals surface area contributed by atoms with Crippen LogP contribution in [-0.4, -0.2) is 30.1 Å². The fourth-order valence-corrected chi connectivity index (χ4v) is 5.44. The Labute approximate surface area is 296 Å². The van der Waals surface area contributed by atoms with Gasteiger partial charge in [-0.05, 0) is 90.4 Å². The van der Waals surface area contributed by atoms with Gasteiger partial charge in [-0.2, -0.15) is 0 Å². The van der Waals surface area contributed by atoms with E-state index in [1.54, 1.807) is 48.5 Å². The van der Waals surface area contributed by atoms with Crippen LogP contribution in [0.2, 0.25) is 0 Å². The second-order valence-corrected chi connectivity index (χ2v) is 12.3. The van der Waals surface area contributed by atoms with Gasteiger partial charge >= 0.3 is 0 Å². The fraction of sp³-hybridized carbons (Fsp3) is 0.146. The van der Waals surface area contributed by atoms with Gasteiger partial charge in [0.1, 0.15) is 23.8 Å². The van der Waals surface area contributed by atoms with Crippen molar-refractivity contribution in [2.24, 2.45) is 0 Å². The minimum absolute atomic E-state index is 0.0658. The highest BCUT2D eigenvalue weighted by atomic mass is 32.2. The van der Waals surface area contributed by atoms with Crippen LogP contribution in [0.5, 0.6) is 11.5 Å². The standard InChI is InChI=1S/C41H39N3O5S/c1-2-3-25-48-35-23-19-33(20-24-35)42-39(45)29-50-37-16-10-15-34(27-37)43-41(47)38(44-40(46)32-13-8-5-9-14-32)26-30-17-21-36(22-18-30)49-28-31-11-6-4-7-12-31/h4-24,26-27H,2-3,25,28-29H2,1H3,(H,42,45)(H,43,47)(H,44,46)/b38-26-. The smallest absolute Gasteiger partial charge is 0.272 e. The van der Waals surface area contributed by atoms with E-state index in [0.29, 0.717) is 41.5 Å². The van der Waals surface area contributed by atoms with Crippen LogP contribution in [0.1, 0.15) is 41.3 Å². The average Bonchev–Trinajstić information content (AvgIpc) is 3.15. The number of ether oxygens (including phenoxy) is 2. The molecule has 0 aromatic heterocycles. The molecule has 254 valence electrons. The summed E-state index contributed by atoms with van der Waals surface area (Å²) in [6, 6.07) is 40.4. The number of carbonyl (C=O) groups excluding carboxylic acids is 3. The zero-order valence-electron chi connectivity index (χ0n) is 27.8. The average molecular weight is 686 g/mol. The summed E-state index contributed by atoms with van der Waals surface area (Å²) in [5, 5.41) is 8.56. The second kappa shape index (κ2) is 18.7. The molecular formula is C41H39N3O5S. The Bertz CT molecular complexity index is 1880. The lowest BCUT2D eigenvalue weighted by Crippen LogP contribution is -2.30. The summed E-state index contributed by atoms with van der Waals surface area (Å²) in [5.74, 6) is 0.553. The van der Waals surface area contributed by atoms with E-state index < -0.39 is 11.8 Å². The molecule has 0 aliphatic heterocycles. The van der Waals surface area contributed by atoms with Gasteiger partial charge in [0.25, 0.3) is 11.8 Å². The van der Waals surface area contributed by atoms with Crippen molar-refractivity contribution in [2.75, 3.05) is 23.0 Å². The number of hydrogen-bond donors (Lipinski definition) is 3. The molecule has 0 fully saturated rings. The molecule has 0 bridgehead atoms. The first-order chi connectivity index (χ1) is 24.4. The maximum atomic E-state index is 13.6. The van der Waals surface area contributed by atoms with E-state index in [1.807, 2.05) is 91.0 Å². The fourth-order valence-electron chi connectivity index (χ4n) is 4.69. The molecule has 9 heteroatoms. The number of hydrogen-bond acceptors (Lipinski definition) is 6. The number of rotatable bonds is 16. The lowest BCUT2D eigenvalue weighted by Gasteiger charge is -2.13. The number of nitrogens with one attached hydrogen (secondary N) is 3. The molecule has 3 amide bonds. The quantitative estimate of drug-likeness (QED) is 0.0546. The highest BCUT2D eigenvalue weighted by molar-refractivity contribution is 8.00. The van der Waals surface area contributed by atoms with Gasteiger partial charge in [0.2, 0.25) is 5.91 Å². The molecule has 8 nitrogen and oxygen atoms in total. The lowest BCUT2D eigenvalue weighted by atomic mass is 10.1. The van der Waals surface area contributed by atoms with Crippen molar-refractivity contribution in [1.82, 2.24) is 5.32 Å². The largest absolute Gasteiger partial charge is 0.494 e. The van der Waals surface area contributed by atoms with Gasteiger partial charge in [-0.25, -0.2) is 0 Å². The Hall–Kier alpha value is -5.80. The van der Waals surface area contributed by atoms with E-state index in [1.165, 1.54) is 11.8 Å². The Morgan fingerprint density at radius 3 is 2.10 bits per heavy atom. The zero-order valence-corrected chi connectivity index (χ0v) is 28.6. The van der Waals surface area contributed by atoms with Crippen molar-refractivity contribution in [3.63, 3.8) is 0 Å². The summed E-state index contributed by atoms with van der Waals surface area (Å²) in [6.07, 6.45) is 3.67. The van der Waals surface area contributed by atoms with Crippen molar-refractivity contribution >= 4 is 46.9 Å². The molecule has 0 atom stereocenters. The number of anilines is 2. The second-order valence-electron chi connectivity index (χ2n) is 11.3. The first kappa shape index (κ1) is 35.5. The van der Waals surface area contributed by atoms with E-state index in [9.17, 15) is 14.4 Å². The highest BCUT2D eigenvalue weighted by Gasteiger charge is 2.16. The summed E-state index contributed by atoms with van der Waals surface area (Å²) in [6.45, 7) is 3.21. The molecule has 0 aliphatic carbocycles. The lowest BCUT2D eigenvalue weighted by molar-refractivity contribution is -0.114. The van der Waals surface area contributed by atoms with Crippen LogP contribution < -0.4 is 25.4 Å². The van der Waals surface area contributed by atoms with Crippen molar-refractivity contribution < 1.29 is 23.9 Å². The van der Waals surface area contributed by atoms with Crippen molar-refractivity contribution in [2.45, 2.75) is 31.3 Å². The Balaban J connectivity index is 1.21. The van der Waals surface area contributed by atoms with Gasteiger partial charge < -0.3 is 25.4 Å². The molecule has 50 heavy (non-hydrogen) atoms. The van der Waals surface area contributed by atoms with Gasteiger partial charge in [0, 0.05) is 21.8 Å². The van der Waals surface area contributed by atoms with E-state index in [-0.39, 0.29) is 17.4 Å². The molecule has 0 aliphatic rings. The molecule has 0 spiro atoms. The first-order valence-corrected chi connectivity index (χ1v) is 17.4. The van der Waals surface area contributed by atoms with Crippen LogP contribution in [0.3, 0.4) is 0 Å².